The highest BCUT2D eigenvalue weighted by atomic mass is 16.6. The third-order valence-corrected chi connectivity index (χ3v) is 4.29. The number of hydrogen-bond acceptors (Lipinski definition) is 4. The van der Waals surface area contributed by atoms with Gasteiger partial charge >= 0.3 is 5.97 Å². The van der Waals surface area contributed by atoms with Crippen molar-refractivity contribution in [2.24, 2.45) is 0 Å². The number of carbonyl (C=O) groups is 1. The highest BCUT2D eigenvalue weighted by Crippen LogP contribution is 2.34. The molecule has 0 aromatic carbocycles. The molecule has 0 spiro atoms. The molecule has 2 aliphatic rings. The van der Waals surface area contributed by atoms with Crippen molar-refractivity contribution in [2.75, 3.05) is 7.05 Å². The van der Waals surface area contributed by atoms with Crippen LogP contribution in [0.3, 0.4) is 0 Å². The summed E-state index contributed by atoms with van der Waals surface area (Å²) in [5.74, 6) is -0.0216. The quantitative estimate of drug-likeness (QED) is 0.755. The van der Waals surface area contributed by atoms with Crippen LogP contribution in [0.2, 0.25) is 0 Å². The molecule has 0 amide bonds. The first-order valence-corrected chi connectivity index (χ1v) is 6.70. The first-order valence-electron chi connectivity index (χ1n) is 6.70. The van der Waals surface area contributed by atoms with Crippen LogP contribution in [0.5, 0.6) is 0 Å². The van der Waals surface area contributed by atoms with E-state index in [2.05, 4.69) is 11.9 Å². The molecule has 0 radical (unpaired) electrons. The van der Waals surface area contributed by atoms with Gasteiger partial charge in [0.15, 0.2) is 0 Å². The van der Waals surface area contributed by atoms with E-state index in [4.69, 9.17) is 9.15 Å². The second kappa shape index (κ2) is 4.76. The van der Waals surface area contributed by atoms with Gasteiger partial charge in [0.1, 0.15) is 6.10 Å². The maximum Gasteiger partial charge on any atom is 0.374 e. The summed E-state index contributed by atoms with van der Waals surface area (Å²) in [5.41, 5.74) is 0. The Morgan fingerprint density at radius 1 is 1.39 bits per heavy atom. The van der Waals surface area contributed by atoms with Gasteiger partial charge in [-0.05, 0) is 32.0 Å². The standard InChI is InChI=1S/C14H19NO3/c1-15-10-4-2-5-11(15)9-12(8-10)18-14(16)13-6-3-7-17-13/h3,6-7,10-12H,2,4-5,8-9H2,1H3. The van der Waals surface area contributed by atoms with Crippen LogP contribution in [0.25, 0.3) is 0 Å². The average Bonchev–Trinajstić information content (AvgIpc) is 2.84. The number of carbonyl (C=O) groups excluding carboxylic acids is 1. The van der Waals surface area contributed by atoms with E-state index in [0.29, 0.717) is 17.8 Å². The van der Waals surface area contributed by atoms with Crippen molar-refractivity contribution in [2.45, 2.75) is 50.3 Å². The minimum absolute atomic E-state index is 0.0501. The second-order valence-electron chi connectivity index (χ2n) is 5.38. The number of ether oxygens (including phenoxy) is 1. The van der Waals surface area contributed by atoms with E-state index in [1.54, 1.807) is 12.1 Å². The molecule has 1 aromatic heterocycles. The predicted octanol–water partition coefficient (Wildman–Crippen LogP) is 2.45. The average molecular weight is 249 g/mol. The zero-order chi connectivity index (χ0) is 12.5. The van der Waals surface area contributed by atoms with E-state index in [1.165, 1.54) is 25.5 Å². The van der Waals surface area contributed by atoms with E-state index in [1.807, 2.05) is 0 Å². The lowest BCUT2D eigenvalue weighted by atomic mass is 9.83. The fourth-order valence-corrected chi connectivity index (χ4v) is 3.27. The summed E-state index contributed by atoms with van der Waals surface area (Å²) < 4.78 is 10.6. The van der Waals surface area contributed by atoms with Crippen LogP contribution in [0.1, 0.15) is 42.7 Å². The molecule has 0 N–H and O–H groups in total. The Kier molecular flexibility index (Phi) is 3.12. The molecule has 98 valence electrons. The number of nitrogens with zero attached hydrogens (tertiary/aromatic N) is 1. The summed E-state index contributed by atoms with van der Waals surface area (Å²) in [4.78, 5) is 14.3. The van der Waals surface area contributed by atoms with Crippen molar-refractivity contribution < 1.29 is 13.9 Å². The topological polar surface area (TPSA) is 42.7 Å². The zero-order valence-electron chi connectivity index (χ0n) is 10.7. The fraction of sp³-hybridized carbons (Fsp3) is 0.643. The molecule has 0 aliphatic carbocycles. The number of piperidine rings is 2. The SMILES string of the molecule is CN1C2CCCC1CC(OC(=O)c1ccco1)C2. The van der Waals surface area contributed by atoms with E-state index >= 15 is 0 Å². The van der Waals surface area contributed by atoms with Crippen LogP contribution in [-0.2, 0) is 4.74 Å². The summed E-state index contributed by atoms with van der Waals surface area (Å²) in [7, 11) is 2.19. The monoisotopic (exact) mass is 249 g/mol. The molecule has 2 bridgehead atoms. The highest BCUT2D eigenvalue weighted by Gasteiger charge is 2.37. The lowest BCUT2D eigenvalue weighted by molar-refractivity contribution is -0.0335. The Morgan fingerprint density at radius 2 is 2.11 bits per heavy atom. The smallest absolute Gasteiger partial charge is 0.374 e. The van der Waals surface area contributed by atoms with E-state index in [-0.39, 0.29) is 12.1 Å². The number of furan rings is 1. The second-order valence-corrected chi connectivity index (χ2v) is 5.38. The molecule has 2 atom stereocenters. The van der Waals surface area contributed by atoms with Gasteiger partial charge in [-0.3, -0.25) is 0 Å². The number of hydrogen-bond donors (Lipinski definition) is 0. The van der Waals surface area contributed by atoms with E-state index < -0.39 is 0 Å². The summed E-state index contributed by atoms with van der Waals surface area (Å²) in [6.07, 6.45) is 7.22. The molecule has 2 saturated heterocycles. The van der Waals surface area contributed by atoms with Gasteiger partial charge in [0, 0.05) is 24.9 Å². The highest BCUT2D eigenvalue weighted by molar-refractivity contribution is 5.86. The number of esters is 1. The molecule has 0 saturated carbocycles. The van der Waals surface area contributed by atoms with Crippen molar-refractivity contribution in [3.63, 3.8) is 0 Å². The van der Waals surface area contributed by atoms with Crippen LogP contribution < -0.4 is 0 Å². The van der Waals surface area contributed by atoms with Crippen LogP contribution in [0, 0.1) is 0 Å². The largest absolute Gasteiger partial charge is 0.457 e. The zero-order valence-corrected chi connectivity index (χ0v) is 10.7. The maximum atomic E-state index is 11.8. The minimum Gasteiger partial charge on any atom is -0.457 e. The molecule has 3 heterocycles. The molecule has 4 nitrogen and oxygen atoms in total. The maximum absolute atomic E-state index is 11.8. The van der Waals surface area contributed by atoms with Crippen LogP contribution in [0.15, 0.2) is 22.8 Å². The van der Waals surface area contributed by atoms with E-state index in [0.717, 1.165) is 12.8 Å². The Morgan fingerprint density at radius 3 is 2.72 bits per heavy atom. The molecule has 2 aliphatic heterocycles. The van der Waals surface area contributed by atoms with Crippen molar-refractivity contribution >= 4 is 5.97 Å². The third kappa shape index (κ3) is 2.17. The normalized spacial score (nSPS) is 32.2. The molecule has 2 fully saturated rings. The Bertz CT molecular complexity index is 401. The predicted molar refractivity (Wildman–Crippen MR) is 66.3 cm³/mol. The minimum atomic E-state index is -0.326. The molecular weight excluding hydrogens is 230 g/mol. The fourth-order valence-electron chi connectivity index (χ4n) is 3.27. The van der Waals surface area contributed by atoms with Crippen LogP contribution in [-0.4, -0.2) is 36.1 Å². The van der Waals surface area contributed by atoms with Gasteiger partial charge in [0.2, 0.25) is 5.76 Å². The number of rotatable bonds is 2. The summed E-state index contributed by atoms with van der Waals surface area (Å²) in [5, 5.41) is 0. The van der Waals surface area contributed by atoms with Crippen LogP contribution >= 0.6 is 0 Å². The summed E-state index contributed by atoms with van der Waals surface area (Å²) >= 11 is 0. The van der Waals surface area contributed by atoms with Gasteiger partial charge in [-0.25, -0.2) is 4.79 Å². The van der Waals surface area contributed by atoms with Crippen molar-refractivity contribution in [3.05, 3.63) is 24.2 Å². The summed E-state index contributed by atoms with van der Waals surface area (Å²) in [6.45, 7) is 0. The molecule has 3 rings (SSSR count). The van der Waals surface area contributed by atoms with E-state index in [9.17, 15) is 4.79 Å². The van der Waals surface area contributed by atoms with Gasteiger partial charge in [-0.15, -0.1) is 0 Å². The van der Waals surface area contributed by atoms with Gasteiger partial charge < -0.3 is 14.1 Å². The van der Waals surface area contributed by atoms with Crippen molar-refractivity contribution in [1.29, 1.82) is 0 Å². The van der Waals surface area contributed by atoms with Gasteiger partial charge in [0.25, 0.3) is 0 Å². The molecule has 2 unspecified atom stereocenters. The molecular formula is C14H19NO3. The first-order chi connectivity index (χ1) is 8.74. The lowest BCUT2D eigenvalue weighted by Crippen LogP contribution is -2.52. The number of fused-ring (bicyclic) bond motifs is 2. The Labute approximate surface area is 107 Å². The Balaban J connectivity index is 1.63. The third-order valence-electron chi connectivity index (χ3n) is 4.29. The lowest BCUT2D eigenvalue weighted by Gasteiger charge is -2.46. The van der Waals surface area contributed by atoms with Crippen molar-refractivity contribution in [3.8, 4) is 0 Å². The Hall–Kier alpha value is -1.29. The van der Waals surface area contributed by atoms with Gasteiger partial charge in [-0.2, -0.15) is 0 Å². The van der Waals surface area contributed by atoms with Gasteiger partial charge in [-0.1, -0.05) is 6.42 Å². The first kappa shape index (κ1) is 11.8. The molecule has 18 heavy (non-hydrogen) atoms. The van der Waals surface area contributed by atoms with Gasteiger partial charge in [0.05, 0.1) is 6.26 Å². The molecule has 1 aromatic rings. The molecule has 4 heteroatoms. The van der Waals surface area contributed by atoms with Crippen LogP contribution in [0.4, 0.5) is 0 Å². The van der Waals surface area contributed by atoms with Crippen molar-refractivity contribution in [1.82, 2.24) is 4.90 Å². The summed E-state index contributed by atoms with van der Waals surface area (Å²) in [6, 6.07) is 4.51.